The van der Waals surface area contributed by atoms with Crippen LogP contribution in [0.2, 0.25) is 5.02 Å². The van der Waals surface area contributed by atoms with Crippen LogP contribution in [-0.2, 0) is 9.63 Å². The molecule has 2 aromatic carbocycles. The van der Waals surface area contributed by atoms with E-state index in [-0.39, 0.29) is 16.6 Å². The summed E-state index contributed by atoms with van der Waals surface area (Å²) in [6.07, 6.45) is 0. The van der Waals surface area contributed by atoms with Crippen molar-refractivity contribution in [1.82, 2.24) is 15.2 Å². The van der Waals surface area contributed by atoms with E-state index in [0.29, 0.717) is 32.6 Å². The van der Waals surface area contributed by atoms with Crippen LogP contribution < -0.4 is 4.74 Å². The van der Waals surface area contributed by atoms with Crippen LogP contribution in [0.5, 0.6) is 5.75 Å². The number of aromatic amines is 1. The maximum atomic E-state index is 12.1. The molecule has 0 fully saturated rings. The lowest BCUT2D eigenvalue weighted by Crippen LogP contribution is -1.99. The number of methoxy groups -OCH3 is 1. The summed E-state index contributed by atoms with van der Waals surface area (Å²) >= 11 is 7.16. The lowest BCUT2D eigenvalue weighted by atomic mass is 10.0. The van der Waals surface area contributed by atoms with Gasteiger partial charge in [-0.25, -0.2) is 9.82 Å². The molecule has 0 aliphatic rings. The van der Waals surface area contributed by atoms with E-state index >= 15 is 0 Å². The molecule has 3 rings (SSSR count). The van der Waals surface area contributed by atoms with Crippen molar-refractivity contribution in [3.05, 3.63) is 46.3 Å². The number of rotatable bonds is 8. The van der Waals surface area contributed by atoms with E-state index in [1.165, 1.54) is 14.2 Å². The summed E-state index contributed by atoms with van der Waals surface area (Å²) in [6, 6.07) is 10.2. The summed E-state index contributed by atoms with van der Waals surface area (Å²) in [4.78, 5) is 32.2. The third-order valence-corrected chi connectivity index (χ3v) is 4.85. The number of carbonyl (C=O) groups is 1. The Morgan fingerprint density at radius 3 is 2.59 bits per heavy atom. The molecule has 0 aliphatic heterocycles. The van der Waals surface area contributed by atoms with Crippen LogP contribution in [0.3, 0.4) is 0 Å². The van der Waals surface area contributed by atoms with Crippen molar-refractivity contribution in [2.24, 2.45) is 0 Å². The highest BCUT2D eigenvalue weighted by Gasteiger charge is 2.20. The number of thioether (sulfide) groups is 1. The quantitative estimate of drug-likeness (QED) is 0.403. The van der Waals surface area contributed by atoms with E-state index in [9.17, 15) is 9.70 Å². The Kier molecular flexibility index (Phi) is 6.35. The Balaban J connectivity index is 2.06. The van der Waals surface area contributed by atoms with E-state index in [4.69, 9.17) is 26.3 Å². The van der Waals surface area contributed by atoms with E-state index < -0.39 is 5.97 Å². The van der Waals surface area contributed by atoms with Crippen molar-refractivity contribution in [3.8, 4) is 28.3 Å². The van der Waals surface area contributed by atoms with Crippen molar-refractivity contribution >= 4 is 35.0 Å². The number of carboxylic acids is 1. The maximum absolute atomic E-state index is 12.1. The molecule has 0 aliphatic carbocycles. The Morgan fingerprint density at radius 1 is 1.17 bits per heavy atom. The highest BCUT2D eigenvalue weighted by Crippen LogP contribution is 2.34. The summed E-state index contributed by atoms with van der Waals surface area (Å²) < 4.78 is 5.26. The minimum absolute atomic E-state index is 0.164. The second kappa shape index (κ2) is 8.93. The van der Waals surface area contributed by atoms with Crippen molar-refractivity contribution in [2.75, 3.05) is 20.0 Å². The van der Waals surface area contributed by atoms with Gasteiger partial charge in [0.15, 0.2) is 12.9 Å². The first-order valence-corrected chi connectivity index (χ1v) is 9.54. The number of benzene rings is 2. The lowest BCUT2D eigenvalue weighted by Gasteiger charge is -2.07. The SMILES string of the molecule is COc1cc(Cl)cc(-c2cc(-c3nc(SCC(=O)O)n[nH]3)cc([N+](=O)OC)c2)c1. The number of nitrogens with zero attached hydrogens (tertiary/aromatic N) is 3. The summed E-state index contributed by atoms with van der Waals surface area (Å²) in [5.41, 5.74) is 2.19. The summed E-state index contributed by atoms with van der Waals surface area (Å²) in [6.45, 7) is 0. The van der Waals surface area contributed by atoms with Crippen LogP contribution >= 0.6 is 23.4 Å². The Bertz CT molecular complexity index is 1070. The third-order valence-electron chi connectivity index (χ3n) is 3.80. The normalized spacial score (nSPS) is 10.6. The third kappa shape index (κ3) is 5.04. The zero-order chi connectivity index (χ0) is 21.0. The number of aliphatic carboxylic acids is 1. The largest absolute Gasteiger partial charge is 0.497 e. The average molecular weight is 436 g/mol. The number of hydrogen-bond acceptors (Lipinski definition) is 7. The van der Waals surface area contributed by atoms with Gasteiger partial charge in [0.25, 0.3) is 4.92 Å². The first-order valence-electron chi connectivity index (χ1n) is 8.18. The van der Waals surface area contributed by atoms with Crippen LogP contribution in [0, 0.1) is 4.91 Å². The van der Waals surface area contributed by atoms with Crippen molar-refractivity contribution < 1.29 is 24.4 Å². The smallest absolute Gasteiger partial charge is 0.318 e. The van der Waals surface area contributed by atoms with Gasteiger partial charge >= 0.3 is 11.7 Å². The van der Waals surface area contributed by atoms with E-state index in [1.807, 2.05) is 0 Å². The topological polar surface area (TPSA) is 117 Å². The van der Waals surface area contributed by atoms with Crippen LogP contribution in [0.25, 0.3) is 22.5 Å². The molecule has 0 spiro atoms. The molecule has 0 unspecified atom stereocenters. The Hall–Kier alpha value is -3.11. The van der Waals surface area contributed by atoms with Crippen molar-refractivity contribution in [3.63, 3.8) is 0 Å². The summed E-state index contributed by atoms with van der Waals surface area (Å²) in [5.74, 6) is -0.192. The van der Waals surface area contributed by atoms with Gasteiger partial charge in [-0.1, -0.05) is 23.4 Å². The molecule has 0 saturated carbocycles. The first-order chi connectivity index (χ1) is 13.9. The van der Waals surface area contributed by atoms with Gasteiger partial charge in [0.05, 0.1) is 17.8 Å². The predicted octanol–water partition coefficient (Wildman–Crippen LogP) is 3.95. The van der Waals surface area contributed by atoms with Crippen molar-refractivity contribution in [1.29, 1.82) is 0 Å². The molecule has 29 heavy (non-hydrogen) atoms. The first kappa shape index (κ1) is 20.6. The molecule has 2 N–H and O–H groups in total. The van der Waals surface area contributed by atoms with Crippen LogP contribution in [0.1, 0.15) is 0 Å². The molecule has 3 aromatic rings. The number of ether oxygens (including phenoxy) is 1. The monoisotopic (exact) mass is 435 g/mol. The zero-order valence-electron chi connectivity index (χ0n) is 15.4. The molecule has 150 valence electrons. The second-order valence-electron chi connectivity index (χ2n) is 5.74. The Morgan fingerprint density at radius 2 is 1.90 bits per heavy atom. The van der Waals surface area contributed by atoms with Gasteiger partial charge in [0.2, 0.25) is 5.16 Å². The molecule has 11 heteroatoms. The Labute approximate surface area is 174 Å². The highest BCUT2D eigenvalue weighted by molar-refractivity contribution is 7.99. The molecule has 1 heterocycles. The molecule has 0 radical (unpaired) electrons. The van der Waals surface area contributed by atoms with Gasteiger partial charge in [0.1, 0.15) is 5.75 Å². The zero-order valence-corrected chi connectivity index (χ0v) is 17.0. The molecule has 0 amide bonds. The second-order valence-corrected chi connectivity index (χ2v) is 7.12. The fraction of sp³-hybridized carbons (Fsp3) is 0.167. The standard InChI is InChI=1S/C18H15ClN4O5S/c1-27-15-7-11(4-13(19)8-15)10-3-12(6-14(5-10)23(26)28-2)17-20-18(22-21-17)29-9-16(24)25/h3-8H,9H2,1-2H3,(H-,20,21,22,24,25)/p+1. The molecular formula is C18H16ClN4O5S+. The van der Waals surface area contributed by atoms with E-state index in [0.717, 1.165) is 17.3 Å². The van der Waals surface area contributed by atoms with Gasteiger partial charge in [-0.15, -0.1) is 5.10 Å². The molecule has 0 atom stereocenters. The van der Waals surface area contributed by atoms with Gasteiger partial charge in [-0.05, 0) is 35.4 Å². The number of aromatic nitrogens is 3. The lowest BCUT2D eigenvalue weighted by molar-refractivity contribution is -0.736. The van der Waals surface area contributed by atoms with Gasteiger partial charge in [0, 0.05) is 22.7 Å². The minimum atomic E-state index is -0.970. The molecule has 9 nitrogen and oxygen atoms in total. The van der Waals surface area contributed by atoms with Gasteiger partial charge in [-0.3, -0.25) is 9.89 Å². The number of hydrogen-bond donors (Lipinski definition) is 2. The highest BCUT2D eigenvalue weighted by atomic mass is 35.5. The summed E-state index contributed by atoms with van der Waals surface area (Å²) in [5, 5.41) is 16.3. The summed E-state index contributed by atoms with van der Waals surface area (Å²) in [7, 11) is 2.79. The fourth-order valence-electron chi connectivity index (χ4n) is 2.54. The maximum Gasteiger partial charge on any atom is 0.318 e. The van der Waals surface area contributed by atoms with E-state index in [1.54, 1.807) is 36.4 Å². The number of nitrogens with one attached hydrogen (secondary N) is 1. The van der Waals surface area contributed by atoms with Crippen molar-refractivity contribution in [2.45, 2.75) is 5.16 Å². The number of H-pyrrole nitrogens is 1. The molecule has 0 bridgehead atoms. The average Bonchev–Trinajstić information content (AvgIpc) is 3.20. The van der Waals surface area contributed by atoms with E-state index in [2.05, 4.69) is 15.2 Å². The predicted molar refractivity (Wildman–Crippen MR) is 107 cm³/mol. The van der Waals surface area contributed by atoms with Gasteiger partial charge < -0.3 is 9.84 Å². The van der Waals surface area contributed by atoms with Crippen LogP contribution in [0.15, 0.2) is 41.6 Å². The molecule has 0 saturated heterocycles. The van der Waals surface area contributed by atoms with Crippen LogP contribution in [-0.4, -0.2) is 51.2 Å². The minimum Gasteiger partial charge on any atom is -0.497 e. The van der Waals surface area contributed by atoms with Gasteiger partial charge in [-0.2, -0.15) is 0 Å². The number of halogens is 1. The van der Waals surface area contributed by atoms with Crippen LogP contribution in [0.4, 0.5) is 5.69 Å². The molecular weight excluding hydrogens is 420 g/mol. The molecule has 1 aromatic heterocycles. The fourth-order valence-corrected chi connectivity index (χ4v) is 3.28. The number of carboxylic acid groups (broad SMARTS) is 1.